The van der Waals surface area contributed by atoms with E-state index in [2.05, 4.69) is 0 Å². The minimum absolute atomic E-state index is 0.00672. The van der Waals surface area contributed by atoms with Crippen molar-refractivity contribution in [2.45, 2.75) is 44.6 Å². The summed E-state index contributed by atoms with van der Waals surface area (Å²) in [6.45, 7) is 2.75. The number of nitrogens with zero attached hydrogens (tertiary/aromatic N) is 2. The number of aromatic nitrogens is 1. The average Bonchev–Trinajstić information content (AvgIpc) is 3.52. The van der Waals surface area contributed by atoms with E-state index in [4.69, 9.17) is 0 Å². The van der Waals surface area contributed by atoms with Gasteiger partial charge in [0.05, 0.1) is 45.0 Å². The van der Waals surface area contributed by atoms with Crippen molar-refractivity contribution in [3.63, 3.8) is 0 Å². The van der Waals surface area contributed by atoms with Crippen molar-refractivity contribution >= 4 is 39.2 Å². The fourth-order valence-corrected chi connectivity index (χ4v) is 7.23. The van der Waals surface area contributed by atoms with Crippen molar-refractivity contribution < 1.29 is 62.6 Å². The summed E-state index contributed by atoms with van der Waals surface area (Å²) in [6.07, 6.45) is -20.6. The van der Waals surface area contributed by atoms with Crippen molar-refractivity contribution in [1.82, 2.24) is 4.57 Å². The monoisotopic (exact) mass is 766 g/mol. The largest absolute Gasteiger partial charge is 0.506 e. The number of aliphatic hydroxyl groups excluding tert-OH is 1. The number of carbonyl (C=O) groups is 1. The van der Waals surface area contributed by atoms with Gasteiger partial charge in [0.2, 0.25) is 5.78 Å². The second kappa shape index (κ2) is 11.9. The molecule has 0 saturated carbocycles. The molecule has 280 valence electrons. The van der Waals surface area contributed by atoms with Gasteiger partial charge in [0, 0.05) is 39.3 Å². The summed E-state index contributed by atoms with van der Waals surface area (Å²) in [6, 6.07) is 12.6. The summed E-state index contributed by atoms with van der Waals surface area (Å²) in [5.74, 6) is -1.46. The third-order valence-electron chi connectivity index (χ3n) is 9.50. The molecule has 1 aliphatic heterocycles. The molecule has 4 aromatic carbocycles. The van der Waals surface area contributed by atoms with Crippen LogP contribution in [0.4, 0.5) is 64.1 Å². The molecule has 0 radical (unpaired) electrons. The van der Waals surface area contributed by atoms with Crippen molar-refractivity contribution in [3.05, 3.63) is 135 Å². The molecule has 1 aliphatic carbocycles. The third-order valence-corrected chi connectivity index (χ3v) is 9.50. The number of benzene rings is 4. The number of rotatable bonds is 3. The van der Waals surface area contributed by atoms with Crippen LogP contribution in [0.25, 0.3) is 27.7 Å². The number of para-hydroxylation sites is 2. The summed E-state index contributed by atoms with van der Waals surface area (Å²) >= 11 is 0. The number of allylic oxidation sites excluding steroid dienone is 2. The Labute approximate surface area is 296 Å². The zero-order valence-corrected chi connectivity index (χ0v) is 27.4. The first-order valence-corrected chi connectivity index (χ1v) is 15.8. The molecule has 16 heteroatoms. The molecule has 1 N–H and O–H groups in total. The van der Waals surface area contributed by atoms with Crippen LogP contribution < -0.4 is 4.90 Å². The van der Waals surface area contributed by atoms with Gasteiger partial charge in [0.1, 0.15) is 5.76 Å². The lowest BCUT2D eigenvalue weighted by Crippen LogP contribution is -2.29. The number of hydrogen-bond acceptors (Lipinski definition) is 3. The van der Waals surface area contributed by atoms with Crippen LogP contribution in [0.2, 0.25) is 0 Å². The normalized spacial score (nSPS) is 18.1. The van der Waals surface area contributed by atoms with Crippen LogP contribution in [0.5, 0.6) is 0 Å². The van der Waals surface area contributed by atoms with Gasteiger partial charge < -0.3 is 14.6 Å². The maximum atomic E-state index is 14.1. The lowest BCUT2D eigenvalue weighted by molar-refractivity contribution is -0.144. The number of aliphatic hydroxyl groups is 1. The predicted octanol–water partition coefficient (Wildman–Crippen LogP) is 11.9. The maximum absolute atomic E-state index is 14.1. The minimum Gasteiger partial charge on any atom is -0.506 e. The molecular formula is C38H22F12N2O2. The van der Waals surface area contributed by atoms with Crippen LogP contribution in [0.15, 0.2) is 96.3 Å². The SMILES string of the molecule is Cc1c(C2=C(O)/C(=C3\c4ccccc4N(c4cc(C(F)(F)F)cc(C(F)(F)F)c4)C3C)C2=O)c2ccccc2n1-c1cc(C(F)(F)F)cc(C(F)(F)F)c1. The molecule has 0 bridgehead atoms. The van der Waals surface area contributed by atoms with E-state index in [-0.39, 0.29) is 62.3 Å². The molecule has 2 heterocycles. The molecule has 54 heavy (non-hydrogen) atoms. The fourth-order valence-electron chi connectivity index (χ4n) is 7.23. The molecular weight excluding hydrogens is 744 g/mol. The number of alkyl halides is 12. The molecule has 0 fully saturated rings. The molecule has 0 amide bonds. The summed E-state index contributed by atoms with van der Waals surface area (Å²) in [7, 11) is 0. The van der Waals surface area contributed by atoms with Gasteiger partial charge in [-0.05, 0) is 68.0 Å². The first-order valence-electron chi connectivity index (χ1n) is 15.8. The van der Waals surface area contributed by atoms with Gasteiger partial charge in [-0.25, -0.2) is 0 Å². The lowest BCUT2D eigenvalue weighted by atomic mass is 9.78. The highest BCUT2D eigenvalue weighted by molar-refractivity contribution is 6.43. The lowest BCUT2D eigenvalue weighted by Gasteiger charge is -2.29. The number of Topliss-reactive ketones (excluding diaryl/α,β-unsaturated/α-hetero) is 1. The number of carbonyl (C=O) groups excluding carboxylic acids is 1. The summed E-state index contributed by atoms with van der Waals surface area (Å²) in [5, 5.41) is 11.8. The molecule has 0 saturated heterocycles. The van der Waals surface area contributed by atoms with Crippen molar-refractivity contribution in [2.75, 3.05) is 4.90 Å². The fraction of sp³-hybridized carbons (Fsp3) is 0.184. The zero-order valence-electron chi connectivity index (χ0n) is 27.4. The van der Waals surface area contributed by atoms with Crippen molar-refractivity contribution in [1.29, 1.82) is 0 Å². The number of fused-ring (bicyclic) bond motifs is 2. The van der Waals surface area contributed by atoms with E-state index in [0.717, 1.165) is 4.57 Å². The van der Waals surface area contributed by atoms with E-state index >= 15 is 0 Å². The van der Waals surface area contributed by atoms with Crippen molar-refractivity contribution in [3.8, 4) is 5.69 Å². The Morgan fingerprint density at radius 3 is 1.57 bits per heavy atom. The summed E-state index contributed by atoms with van der Waals surface area (Å²) in [5.41, 5.74) is -7.49. The Balaban J connectivity index is 1.42. The Kier molecular flexibility index (Phi) is 8.09. The maximum Gasteiger partial charge on any atom is 0.416 e. The number of ketones is 1. The average molecular weight is 767 g/mol. The topological polar surface area (TPSA) is 45.5 Å². The molecule has 2 aliphatic rings. The predicted molar refractivity (Wildman–Crippen MR) is 174 cm³/mol. The Morgan fingerprint density at radius 1 is 0.611 bits per heavy atom. The van der Waals surface area contributed by atoms with Crippen molar-refractivity contribution in [2.24, 2.45) is 0 Å². The Morgan fingerprint density at radius 2 is 1.07 bits per heavy atom. The molecule has 0 spiro atoms. The van der Waals surface area contributed by atoms with E-state index in [1.54, 1.807) is 0 Å². The van der Waals surface area contributed by atoms with Crippen LogP contribution in [0.1, 0.15) is 46.0 Å². The number of hydrogen-bond donors (Lipinski definition) is 1. The molecule has 1 aromatic heterocycles. The highest BCUT2D eigenvalue weighted by Gasteiger charge is 2.46. The van der Waals surface area contributed by atoms with Gasteiger partial charge in [-0.3, -0.25) is 4.79 Å². The van der Waals surface area contributed by atoms with Crippen LogP contribution in [-0.2, 0) is 29.5 Å². The van der Waals surface area contributed by atoms with Gasteiger partial charge in [0.25, 0.3) is 0 Å². The molecule has 5 aromatic rings. The van der Waals surface area contributed by atoms with E-state index in [0.29, 0.717) is 24.3 Å². The minimum atomic E-state index is -5.16. The number of anilines is 2. The molecule has 1 unspecified atom stereocenters. The smallest absolute Gasteiger partial charge is 0.416 e. The summed E-state index contributed by atoms with van der Waals surface area (Å²) in [4.78, 5) is 15.3. The van der Waals surface area contributed by atoms with Gasteiger partial charge in [-0.2, -0.15) is 52.7 Å². The highest BCUT2D eigenvalue weighted by Crippen LogP contribution is 2.53. The zero-order chi connectivity index (χ0) is 39.4. The van der Waals surface area contributed by atoms with E-state index in [1.165, 1.54) is 67.3 Å². The molecule has 4 nitrogen and oxygen atoms in total. The second-order valence-corrected chi connectivity index (χ2v) is 12.7. The van der Waals surface area contributed by atoms with Crippen LogP contribution >= 0.6 is 0 Å². The molecule has 1 atom stereocenters. The van der Waals surface area contributed by atoms with Crippen LogP contribution in [0, 0.1) is 6.92 Å². The Bertz CT molecular complexity index is 2400. The second-order valence-electron chi connectivity index (χ2n) is 12.7. The van der Waals surface area contributed by atoms with Crippen LogP contribution in [0.3, 0.4) is 0 Å². The van der Waals surface area contributed by atoms with Gasteiger partial charge in [0.15, 0.2) is 0 Å². The van der Waals surface area contributed by atoms with E-state index in [9.17, 15) is 62.6 Å². The van der Waals surface area contributed by atoms with Crippen LogP contribution in [-0.4, -0.2) is 21.5 Å². The van der Waals surface area contributed by atoms with E-state index in [1.807, 2.05) is 0 Å². The molecule has 7 rings (SSSR count). The Hall–Kier alpha value is -5.67. The van der Waals surface area contributed by atoms with Gasteiger partial charge in [-0.1, -0.05) is 36.4 Å². The first-order chi connectivity index (χ1) is 25.0. The number of halogens is 12. The third kappa shape index (κ3) is 5.78. The van der Waals surface area contributed by atoms with E-state index < -0.39 is 75.9 Å². The van der Waals surface area contributed by atoms with Gasteiger partial charge >= 0.3 is 24.7 Å². The quantitative estimate of drug-likeness (QED) is 0.147. The van der Waals surface area contributed by atoms with Gasteiger partial charge in [-0.15, -0.1) is 0 Å². The highest BCUT2D eigenvalue weighted by atomic mass is 19.4. The first kappa shape index (κ1) is 36.7. The summed E-state index contributed by atoms with van der Waals surface area (Å²) < 4.78 is 167. The standard InChI is InChI=1S/C38H22F12N2O2/c1-17-29(25-7-3-5-9-27(25)51(17)23-13-19(35(39,40)41)11-20(14-23)36(42,43)44)31-33(53)32(34(31)54)30-18(2)52(28-10-6-4-8-26(28)30)24-15-21(37(45,46)47)12-22(16-24)38(48,49)50/h3-17,53H,1-2H3/b31-29+.